The lowest BCUT2D eigenvalue weighted by atomic mass is 9.86. The number of carbonyl (C=O) groups is 4. The van der Waals surface area contributed by atoms with Crippen LogP contribution in [-0.2, 0) is 37.0 Å². The molecule has 1 fully saturated rings. The van der Waals surface area contributed by atoms with E-state index in [1.807, 2.05) is 42.5 Å². The second-order valence-corrected chi connectivity index (χ2v) is 9.91. The Morgan fingerprint density at radius 3 is 1.84 bits per heavy atom. The highest BCUT2D eigenvalue weighted by Gasteiger charge is 2.65. The molecule has 2 atom stereocenters. The summed E-state index contributed by atoms with van der Waals surface area (Å²) in [4.78, 5) is 54.6. The quantitative estimate of drug-likeness (QED) is 0.123. The second-order valence-electron chi connectivity index (χ2n) is 9.91. The van der Waals surface area contributed by atoms with Crippen LogP contribution in [0.1, 0.15) is 37.0 Å². The van der Waals surface area contributed by atoms with Crippen molar-refractivity contribution in [1.29, 1.82) is 0 Å². The second kappa shape index (κ2) is 14.1. The van der Waals surface area contributed by atoms with Crippen LogP contribution < -0.4 is 0 Å². The molecular formula is C34H34N2O7. The van der Waals surface area contributed by atoms with Crippen LogP contribution in [0.2, 0.25) is 0 Å². The summed E-state index contributed by atoms with van der Waals surface area (Å²) in [6, 6.07) is 26.2. The molecule has 1 heterocycles. The van der Waals surface area contributed by atoms with Crippen LogP contribution in [0.25, 0.3) is 6.08 Å². The fraction of sp³-hybridized carbons (Fsp3) is 0.235. The molecule has 0 unspecified atom stereocenters. The molecule has 0 aliphatic carbocycles. The summed E-state index contributed by atoms with van der Waals surface area (Å²) in [7, 11) is 0. The third kappa shape index (κ3) is 7.01. The zero-order chi connectivity index (χ0) is 30.8. The Morgan fingerprint density at radius 2 is 1.33 bits per heavy atom. The van der Waals surface area contributed by atoms with Gasteiger partial charge in [-0.1, -0.05) is 110 Å². The molecule has 1 aliphatic heterocycles. The maximum atomic E-state index is 13.8. The SMILES string of the molecule is C=C(/C=C/c1ccccc1)[C@H]1C[C@@](C(C)=O)(C(=O)OCC)N(C(=O)OCc2ccccc2)N1C(=O)OCc1ccccc1. The Balaban J connectivity index is 1.75. The van der Waals surface area contributed by atoms with Crippen LogP contribution in [-0.4, -0.2) is 52.1 Å². The standard InChI is InChI=1S/C34H34N2O7/c1-4-41-31(38)34(26(3)37)22-30(25(2)20-21-27-14-8-5-9-15-27)35(32(39)42-23-28-16-10-6-11-17-28)36(34)33(40)43-24-29-18-12-7-13-19-29/h5-21,30H,2,4,22-24H2,1,3H3/b21-20+/t30-,34-/m1/s1. The van der Waals surface area contributed by atoms with E-state index < -0.39 is 35.5 Å². The fourth-order valence-corrected chi connectivity index (χ4v) is 4.82. The van der Waals surface area contributed by atoms with Crippen molar-refractivity contribution < 1.29 is 33.4 Å². The number of esters is 1. The monoisotopic (exact) mass is 582 g/mol. The van der Waals surface area contributed by atoms with Crippen LogP contribution in [0.4, 0.5) is 9.59 Å². The first-order valence-corrected chi connectivity index (χ1v) is 13.9. The molecule has 1 aliphatic rings. The summed E-state index contributed by atoms with van der Waals surface area (Å²) in [5, 5.41) is 1.70. The predicted molar refractivity (Wildman–Crippen MR) is 160 cm³/mol. The Kier molecular flexibility index (Phi) is 10.1. The summed E-state index contributed by atoms with van der Waals surface area (Å²) in [5.74, 6) is -1.69. The smallest absolute Gasteiger partial charge is 0.430 e. The molecule has 9 heteroatoms. The van der Waals surface area contributed by atoms with Crippen molar-refractivity contribution in [2.75, 3.05) is 6.61 Å². The summed E-state index contributed by atoms with van der Waals surface area (Å²) in [6.45, 7) is 6.56. The number of Topliss-reactive ketones (excluding diaryl/α,β-unsaturated/α-hetero) is 1. The number of ketones is 1. The molecule has 0 spiro atoms. The van der Waals surface area contributed by atoms with Gasteiger partial charge < -0.3 is 14.2 Å². The highest BCUT2D eigenvalue weighted by atomic mass is 16.6. The number of ether oxygens (including phenoxy) is 3. The van der Waals surface area contributed by atoms with Crippen LogP contribution in [0.3, 0.4) is 0 Å². The minimum atomic E-state index is -2.20. The van der Waals surface area contributed by atoms with Crippen molar-refractivity contribution in [3.8, 4) is 0 Å². The lowest BCUT2D eigenvalue weighted by Gasteiger charge is -2.36. The molecular weight excluding hydrogens is 548 g/mol. The first-order valence-electron chi connectivity index (χ1n) is 13.9. The highest BCUT2D eigenvalue weighted by Crippen LogP contribution is 2.41. The molecule has 0 N–H and O–H groups in total. The van der Waals surface area contributed by atoms with E-state index in [4.69, 9.17) is 14.2 Å². The van der Waals surface area contributed by atoms with Crippen molar-refractivity contribution in [3.05, 3.63) is 126 Å². The summed E-state index contributed by atoms with van der Waals surface area (Å²) in [6.07, 6.45) is 1.09. The average Bonchev–Trinajstić information content (AvgIpc) is 3.41. The molecule has 222 valence electrons. The molecule has 9 nitrogen and oxygen atoms in total. The van der Waals surface area contributed by atoms with Gasteiger partial charge in [0.1, 0.15) is 13.2 Å². The van der Waals surface area contributed by atoms with E-state index in [1.54, 1.807) is 67.6 Å². The molecule has 0 aromatic heterocycles. The molecule has 2 amide bonds. The molecule has 43 heavy (non-hydrogen) atoms. The van der Waals surface area contributed by atoms with E-state index in [-0.39, 0.29) is 26.2 Å². The van der Waals surface area contributed by atoms with Gasteiger partial charge >= 0.3 is 18.2 Å². The van der Waals surface area contributed by atoms with E-state index in [9.17, 15) is 19.2 Å². The van der Waals surface area contributed by atoms with E-state index >= 15 is 0 Å². The van der Waals surface area contributed by atoms with Gasteiger partial charge in [-0.25, -0.2) is 19.4 Å². The van der Waals surface area contributed by atoms with Crippen molar-refractivity contribution >= 4 is 30.0 Å². The molecule has 3 aromatic carbocycles. The van der Waals surface area contributed by atoms with Gasteiger partial charge in [0.05, 0.1) is 12.6 Å². The number of benzene rings is 3. The van der Waals surface area contributed by atoms with Crippen molar-refractivity contribution in [2.24, 2.45) is 0 Å². The number of hydrogen-bond donors (Lipinski definition) is 0. The van der Waals surface area contributed by atoms with Gasteiger partial charge in [-0.15, -0.1) is 0 Å². The van der Waals surface area contributed by atoms with Gasteiger partial charge in [0.2, 0.25) is 5.54 Å². The van der Waals surface area contributed by atoms with E-state index in [0.717, 1.165) is 15.6 Å². The molecule has 4 rings (SSSR count). The van der Waals surface area contributed by atoms with Crippen LogP contribution in [0, 0.1) is 0 Å². The van der Waals surface area contributed by atoms with Gasteiger partial charge in [0.25, 0.3) is 0 Å². The molecule has 0 radical (unpaired) electrons. The summed E-state index contributed by atoms with van der Waals surface area (Å²) in [5.41, 5.74) is 0.389. The van der Waals surface area contributed by atoms with Gasteiger partial charge in [-0.05, 0) is 36.1 Å². The van der Waals surface area contributed by atoms with Crippen molar-refractivity contribution in [1.82, 2.24) is 10.0 Å². The number of amides is 2. The van der Waals surface area contributed by atoms with E-state index in [2.05, 4.69) is 6.58 Å². The topological polar surface area (TPSA) is 102 Å². The zero-order valence-corrected chi connectivity index (χ0v) is 24.2. The maximum absolute atomic E-state index is 13.8. The number of hydrogen-bond acceptors (Lipinski definition) is 7. The van der Waals surface area contributed by atoms with Gasteiger partial charge in [0, 0.05) is 6.42 Å². The van der Waals surface area contributed by atoms with Crippen molar-refractivity contribution in [2.45, 2.75) is 45.1 Å². The number of hydrazine groups is 1. The number of carbonyl (C=O) groups excluding carboxylic acids is 4. The maximum Gasteiger partial charge on any atom is 0.430 e. The van der Waals surface area contributed by atoms with Gasteiger partial charge in [-0.2, -0.15) is 5.01 Å². The Hall–Kier alpha value is -5.18. The Labute approximate surface area is 250 Å². The molecule has 0 saturated carbocycles. The normalized spacial score (nSPS) is 17.9. The largest absolute Gasteiger partial charge is 0.464 e. The summed E-state index contributed by atoms with van der Waals surface area (Å²) >= 11 is 0. The third-order valence-corrected chi connectivity index (χ3v) is 7.04. The number of nitrogens with zero attached hydrogens (tertiary/aromatic N) is 2. The first-order chi connectivity index (χ1) is 20.8. The van der Waals surface area contributed by atoms with E-state index in [1.165, 1.54) is 6.92 Å². The lowest BCUT2D eigenvalue weighted by Crippen LogP contribution is -2.63. The van der Waals surface area contributed by atoms with Gasteiger partial charge in [-0.3, -0.25) is 4.79 Å². The minimum absolute atomic E-state index is 0.0568. The Bertz CT molecular complexity index is 1470. The number of rotatable bonds is 10. The fourth-order valence-electron chi connectivity index (χ4n) is 4.82. The third-order valence-electron chi connectivity index (χ3n) is 7.04. The molecule has 1 saturated heterocycles. The average molecular weight is 583 g/mol. The highest BCUT2D eigenvalue weighted by molar-refractivity contribution is 6.10. The Morgan fingerprint density at radius 1 is 0.814 bits per heavy atom. The van der Waals surface area contributed by atoms with Crippen LogP contribution in [0.5, 0.6) is 0 Å². The summed E-state index contributed by atoms with van der Waals surface area (Å²) < 4.78 is 16.5. The van der Waals surface area contributed by atoms with Crippen LogP contribution in [0.15, 0.2) is 109 Å². The first kappa shape index (κ1) is 30.8. The van der Waals surface area contributed by atoms with Crippen molar-refractivity contribution in [3.63, 3.8) is 0 Å². The predicted octanol–water partition coefficient (Wildman–Crippen LogP) is 6.11. The minimum Gasteiger partial charge on any atom is -0.464 e. The van der Waals surface area contributed by atoms with Gasteiger partial charge in [0.15, 0.2) is 5.78 Å². The van der Waals surface area contributed by atoms with Crippen LogP contribution >= 0.6 is 0 Å². The zero-order valence-electron chi connectivity index (χ0n) is 24.2. The molecule has 0 bridgehead atoms. The molecule has 3 aromatic rings. The van der Waals surface area contributed by atoms with E-state index in [0.29, 0.717) is 16.7 Å². The lowest BCUT2D eigenvalue weighted by molar-refractivity contribution is -0.165.